The number of aromatic nitrogens is 6. The van der Waals surface area contributed by atoms with Gasteiger partial charge in [0.2, 0.25) is 5.13 Å². The van der Waals surface area contributed by atoms with Crippen molar-refractivity contribution >= 4 is 33.3 Å². The van der Waals surface area contributed by atoms with E-state index >= 15 is 0 Å². The molecule has 0 spiro atoms. The van der Waals surface area contributed by atoms with Gasteiger partial charge in [-0.2, -0.15) is 5.10 Å². The number of aryl methyl sites for hydroxylation is 1. The van der Waals surface area contributed by atoms with Gasteiger partial charge in [-0.25, -0.2) is 4.98 Å². The Balaban J connectivity index is 1.14. The monoisotopic (exact) mass is 460 g/mol. The number of nitrogens with zero attached hydrogens (tertiary/aromatic N) is 7. The van der Waals surface area contributed by atoms with Crippen LogP contribution in [-0.2, 0) is 6.54 Å². The van der Waals surface area contributed by atoms with Crippen LogP contribution in [-0.4, -0.2) is 54.5 Å². The molecule has 6 rings (SSSR count). The van der Waals surface area contributed by atoms with Gasteiger partial charge in [-0.3, -0.25) is 9.67 Å². The van der Waals surface area contributed by atoms with Crippen molar-refractivity contribution < 1.29 is 0 Å². The molecule has 0 bridgehead atoms. The Morgan fingerprint density at radius 1 is 0.970 bits per heavy atom. The van der Waals surface area contributed by atoms with Crippen molar-refractivity contribution in [3.63, 3.8) is 0 Å². The molecule has 1 saturated heterocycles. The standard InChI is InChI=1S/C24H28N8S/c1-2-10-31(9-1)11-4-12-32-16-19(15-26-32)18-13-21-20(25-14-18)7-8-22(27-21)28-24-30-29-23(33-24)17-5-3-6-17/h7-8,13-17H,1-6,9-12H2,(H,27,28,30). The Bertz CT molecular complexity index is 1240. The first-order valence-corrected chi connectivity index (χ1v) is 12.7. The van der Waals surface area contributed by atoms with Gasteiger partial charge in [-0.05, 0) is 69.9 Å². The summed E-state index contributed by atoms with van der Waals surface area (Å²) in [5, 5.41) is 18.5. The Hall–Kier alpha value is -2.91. The first kappa shape index (κ1) is 20.7. The molecule has 1 aliphatic heterocycles. The maximum absolute atomic E-state index is 4.78. The summed E-state index contributed by atoms with van der Waals surface area (Å²) in [6.45, 7) is 4.59. The second-order valence-electron chi connectivity index (χ2n) is 9.05. The fraction of sp³-hybridized carbons (Fsp3) is 0.458. The van der Waals surface area contributed by atoms with Crippen LogP contribution in [0.5, 0.6) is 0 Å². The van der Waals surface area contributed by atoms with Gasteiger partial charge in [0.05, 0.1) is 17.2 Å². The molecule has 8 nitrogen and oxygen atoms in total. The highest BCUT2D eigenvalue weighted by Crippen LogP contribution is 2.39. The molecule has 0 atom stereocenters. The molecule has 1 aliphatic carbocycles. The number of anilines is 2. The molecule has 1 saturated carbocycles. The summed E-state index contributed by atoms with van der Waals surface area (Å²) in [5.41, 5.74) is 3.82. The molecule has 9 heteroatoms. The van der Waals surface area contributed by atoms with Gasteiger partial charge in [-0.1, -0.05) is 17.8 Å². The van der Waals surface area contributed by atoms with Crippen LogP contribution >= 0.6 is 11.3 Å². The quantitative estimate of drug-likeness (QED) is 0.403. The van der Waals surface area contributed by atoms with Crippen molar-refractivity contribution in [3.05, 3.63) is 41.8 Å². The topological polar surface area (TPSA) is 84.6 Å². The van der Waals surface area contributed by atoms with Crippen molar-refractivity contribution in [2.24, 2.45) is 0 Å². The molecular formula is C24H28N8S. The molecule has 0 radical (unpaired) electrons. The third-order valence-corrected chi connectivity index (χ3v) is 7.70. The van der Waals surface area contributed by atoms with Crippen LogP contribution in [0.25, 0.3) is 22.2 Å². The summed E-state index contributed by atoms with van der Waals surface area (Å²) < 4.78 is 2.04. The van der Waals surface area contributed by atoms with Gasteiger partial charge in [0.1, 0.15) is 10.8 Å². The molecule has 170 valence electrons. The number of pyridine rings is 2. The molecule has 33 heavy (non-hydrogen) atoms. The van der Waals surface area contributed by atoms with Crippen molar-refractivity contribution in [3.8, 4) is 11.1 Å². The van der Waals surface area contributed by atoms with E-state index in [4.69, 9.17) is 4.98 Å². The molecule has 4 aromatic rings. The Labute approximate surface area is 197 Å². The lowest BCUT2D eigenvalue weighted by Crippen LogP contribution is -2.21. The van der Waals surface area contributed by atoms with E-state index in [1.165, 1.54) is 45.2 Å². The van der Waals surface area contributed by atoms with E-state index in [0.717, 1.165) is 57.6 Å². The summed E-state index contributed by atoms with van der Waals surface area (Å²) in [6.07, 6.45) is 13.5. The molecular weight excluding hydrogens is 432 g/mol. The first-order chi connectivity index (χ1) is 16.3. The summed E-state index contributed by atoms with van der Waals surface area (Å²) >= 11 is 1.63. The van der Waals surface area contributed by atoms with E-state index in [-0.39, 0.29) is 0 Å². The predicted molar refractivity (Wildman–Crippen MR) is 131 cm³/mol. The molecule has 0 unspecified atom stereocenters. The third kappa shape index (κ3) is 4.60. The van der Waals surface area contributed by atoms with Crippen LogP contribution in [0.4, 0.5) is 10.9 Å². The SMILES string of the molecule is c1nc2ccc(Nc3nnc(C4CCC4)s3)nc2cc1-c1cnn(CCCN2CCCC2)c1. The molecule has 0 aromatic carbocycles. The zero-order valence-electron chi connectivity index (χ0n) is 18.7. The van der Waals surface area contributed by atoms with Gasteiger partial charge in [0.15, 0.2) is 0 Å². The summed E-state index contributed by atoms with van der Waals surface area (Å²) in [6, 6.07) is 6.01. The molecule has 0 amide bonds. The molecule has 4 aromatic heterocycles. The minimum atomic E-state index is 0.593. The summed E-state index contributed by atoms with van der Waals surface area (Å²) in [5.74, 6) is 1.35. The van der Waals surface area contributed by atoms with Gasteiger partial charge in [0.25, 0.3) is 0 Å². The molecule has 1 N–H and O–H groups in total. The third-order valence-electron chi connectivity index (χ3n) is 6.69. The lowest BCUT2D eigenvalue weighted by Gasteiger charge is -2.21. The maximum Gasteiger partial charge on any atom is 0.211 e. The smallest absolute Gasteiger partial charge is 0.211 e. The number of hydrogen-bond donors (Lipinski definition) is 1. The normalized spacial score (nSPS) is 17.0. The number of nitrogens with one attached hydrogen (secondary N) is 1. The summed E-state index contributed by atoms with van der Waals surface area (Å²) in [4.78, 5) is 11.9. The average molecular weight is 461 g/mol. The number of likely N-dealkylation sites (tertiary alicyclic amines) is 1. The Kier molecular flexibility index (Phi) is 5.73. The van der Waals surface area contributed by atoms with E-state index in [2.05, 4.69) is 42.8 Å². The van der Waals surface area contributed by atoms with E-state index < -0.39 is 0 Å². The molecule has 2 fully saturated rings. The minimum Gasteiger partial charge on any atom is -0.315 e. The maximum atomic E-state index is 4.78. The average Bonchev–Trinajstić information content (AvgIpc) is 3.55. The van der Waals surface area contributed by atoms with Crippen molar-refractivity contribution in [2.75, 3.05) is 25.0 Å². The largest absolute Gasteiger partial charge is 0.315 e. The van der Waals surface area contributed by atoms with Gasteiger partial charge >= 0.3 is 0 Å². The first-order valence-electron chi connectivity index (χ1n) is 11.9. The van der Waals surface area contributed by atoms with E-state index in [1.54, 1.807) is 11.3 Å². The zero-order valence-corrected chi connectivity index (χ0v) is 19.5. The fourth-order valence-electron chi connectivity index (χ4n) is 4.55. The highest BCUT2D eigenvalue weighted by atomic mass is 32.1. The van der Waals surface area contributed by atoms with E-state index in [0.29, 0.717) is 5.92 Å². The second kappa shape index (κ2) is 9.15. The van der Waals surface area contributed by atoms with E-state index in [1.807, 2.05) is 29.2 Å². The number of hydrogen-bond acceptors (Lipinski definition) is 8. The predicted octanol–water partition coefficient (Wildman–Crippen LogP) is 4.84. The number of rotatable bonds is 8. The highest BCUT2D eigenvalue weighted by Gasteiger charge is 2.23. The van der Waals surface area contributed by atoms with Crippen molar-refractivity contribution in [1.82, 2.24) is 34.8 Å². The molecule has 5 heterocycles. The molecule has 2 aliphatic rings. The zero-order chi connectivity index (χ0) is 22.0. The fourth-order valence-corrected chi connectivity index (χ4v) is 5.47. The van der Waals surface area contributed by atoms with Crippen LogP contribution in [0.15, 0.2) is 36.8 Å². The van der Waals surface area contributed by atoms with Crippen LogP contribution in [0.1, 0.15) is 49.5 Å². The van der Waals surface area contributed by atoms with Crippen LogP contribution in [0.3, 0.4) is 0 Å². The Morgan fingerprint density at radius 2 is 1.88 bits per heavy atom. The van der Waals surface area contributed by atoms with Gasteiger partial charge in [0, 0.05) is 36.0 Å². The van der Waals surface area contributed by atoms with Crippen molar-refractivity contribution in [1.29, 1.82) is 0 Å². The lowest BCUT2D eigenvalue weighted by molar-refractivity contribution is 0.322. The highest BCUT2D eigenvalue weighted by molar-refractivity contribution is 7.15. The van der Waals surface area contributed by atoms with E-state index in [9.17, 15) is 0 Å². The van der Waals surface area contributed by atoms with Gasteiger partial charge < -0.3 is 10.2 Å². The van der Waals surface area contributed by atoms with Crippen molar-refractivity contribution in [2.45, 2.75) is 51.0 Å². The minimum absolute atomic E-state index is 0.593. The van der Waals surface area contributed by atoms with Crippen LogP contribution < -0.4 is 5.32 Å². The van der Waals surface area contributed by atoms with Crippen LogP contribution in [0.2, 0.25) is 0 Å². The second-order valence-corrected chi connectivity index (χ2v) is 10.1. The van der Waals surface area contributed by atoms with Gasteiger partial charge in [-0.15, -0.1) is 10.2 Å². The Morgan fingerprint density at radius 3 is 2.73 bits per heavy atom. The number of fused-ring (bicyclic) bond motifs is 1. The lowest BCUT2D eigenvalue weighted by atomic mass is 9.86. The summed E-state index contributed by atoms with van der Waals surface area (Å²) in [7, 11) is 0. The van der Waals surface area contributed by atoms with Crippen LogP contribution in [0, 0.1) is 0 Å².